The topological polar surface area (TPSA) is 38.7 Å². The summed E-state index contributed by atoms with van der Waals surface area (Å²) < 4.78 is 2.51. The zero-order chi connectivity index (χ0) is 28.3. The van der Waals surface area contributed by atoms with Gasteiger partial charge in [0, 0.05) is 42.2 Å². The van der Waals surface area contributed by atoms with Gasteiger partial charge in [-0.2, -0.15) is 0 Å². The highest BCUT2D eigenvalue weighted by atomic mass is 32.1. The largest absolute Gasteiger partial charge is 0.208 e. The first-order valence-corrected chi connectivity index (χ1v) is 15.2. The van der Waals surface area contributed by atoms with Gasteiger partial charge in [0.05, 0.1) is 0 Å². The summed E-state index contributed by atoms with van der Waals surface area (Å²) in [5.74, 6) is 2.01. The summed E-state index contributed by atoms with van der Waals surface area (Å²) in [5, 5.41) is 9.67. The molecular weight excluding hydrogens is 543 g/mol. The van der Waals surface area contributed by atoms with E-state index in [1.165, 1.54) is 41.7 Å². The average Bonchev–Trinajstić information content (AvgIpc) is 3.46. The van der Waals surface area contributed by atoms with Gasteiger partial charge >= 0.3 is 0 Å². The summed E-state index contributed by atoms with van der Waals surface area (Å²) in [7, 11) is 0. The van der Waals surface area contributed by atoms with Gasteiger partial charge in [-0.05, 0) is 45.1 Å². The van der Waals surface area contributed by atoms with Gasteiger partial charge in [-0.15, -0.1) is 11.3 Å². The van der Waals surface area contributed by atoms with Crippen molar-refractivity contribution in [2.24, 2.45) is 0 Å². The molecule has 9 aromatic rings. The molecule has 0 atom stereocenters. The molecule has 200 valence electrons. The van der Waals surface area contributed by atoms with E-state index in [9.17, 15) is 0 Å². The van der Waals surface area contributed by atoms with Crippen LogP contribution in [0.5, 0.6) is 0 Å². The third-order valence-electron chi connectivity index (χ3n) is 8.29. The molecule has 0 aliphatic carbocycles. The predicted octanol–water partition coefficient (Wildman–Crippen LogP) is 10.7. The smallest absolute Gasteiger partial charge is 0.164 e. The van der Waals surface area contributed by atoms with Crippen molar-refractivity contribution in [2.45, 2.75) is 0 Å². The van der Waals surface area contributed by atoms with E-state index in [-0.39, 0.29) is 0 Å². The van der Waals surface area contributed by atoms with Crippen LogP contribution in [0.4, 0.5) is 0 Å². The molecule has 3 nitrogen and oxygen atoms in total. The minimum Gasteiger partial charge on any atom is -0.208 e. The van der Waals surface area contributed by atoms with Gasteiger partial charge in [0.25, 0.3) is 0 Å². The quantitative estimate of drug-likeness (QED) is 0.200. The molecule has 4 heteroatoms. The van der Waals surface area contributed by atoms with E-state index in [1.54, 1.807) is 11.3 Å². The standard InChI is InChI=1S/C39H23N3S/c1-2-11-25(12-3-1)37-40-38(27-19-20-31-30-16-8-9-17-34(30)43-35(31)23-27)42-39(41-37)33-22-26-13-5-6-14-28(26)32-21-18-24-10-4-7-15-29(24)36(32)33/h1-23H. The Kier molecular flexibility index (Phi) is 5.37. The van der Waals surface area contributed by atoms with Crippen LogP contribution >= 0.6 is 11.3 Å². The summed E-state index contributed by atoms with van der Waals surface area (Å²) >= 11 is 1.81. The lowest BCUT2D eigenvalue weighted by atomic mass is 9.92. The molecule has 0 aliphatic rings. The van der Waals surface area contributed by atoms with Crippen LogP contribution in [-0.2, 0) is 0 Å². The molecule has 0 bridgehead atoms. The van der Waals surface area contributed by atoms with Gasteiger partial charge in [-0.1, -0.05) is 121 Å². The van der Waals surface area contributed by atoms with Crippen molar-refractivity contribution in [3.63, 3.8) is 0 Å². The highest BCUT2D eigenvalue weighted by Gasteiger charge is 2.18. The molecule has 7 aromatic carbocycles. The van der Waals surface area contributed by atoms with Crippen LogP contribution in [0.3, 0.4) is 0 Å². The number of hydrogen-bond acceptors (Lipinski definition) is 4. The second-order valence-electron chi connectivity index (χ2n) is 10.8. The molecule has 0 amide bonds. The number of thiophene rings is 1. The van der Waals surface area contributed by atoms with Crippen LogP contribution in [0.2, 0.25) is 0 Å². The number of fused-ring (bicyclic) bond motifs is 8. The van der Waals surface area contributed by atoms with Crippen LogP contribution < -0.4 is 0 Å². The molecule has 0 fully saturated rings. The Morgan fingerprint density at radius 3 is 1.86 bits per heavy atom. The maximum atomic E-state index is 5.21. The zero-order valence-corrected chi connectivity index (χ0v) is 23.8. The minimum absolute atomic E-state index is 0.665. The van der Waals surface area contributed by atoms with Gasteiger partial charge in [-0.3, -0.25) is 0 Å². The highest BCUT2D eigenvalue weighted by Crippen LogP contribution is 2.40. The molecule has 0 radical (unpaired) electrons. The van der Waals surface area contributed by atoms with Gasteiger partial charge in [0.1, 0.15) is 0 Å². The van der Waals surface area contributed by atoms with Crippen molar-refractivity contribution in [3.8, 4) is 34.2 Å². The zero-order valence-electron chi connectivity index (χ0n) is 23.0. The molecule has 0 saturated carbocycles. The van der Waals surface area contributed by atoms with Crippen molar-refractivity contribution < 1.29 is 0 Å². The van der Waals surface area contributed by atoms with Crippen molar-refractivity contribution in [1.82, 2.24) is 15.0 Å². The summed E-state index contributed by atoms with van der Waals surface area (Å²) in [6.07, 6.45) is 0. The lowest BCUT2D eigenvalue weighted by Crippen LogP contribution is -2.01. The van der Waals surface area contributed by atoms with E-state index in [0.29, 0.717) is 17.5 Å². The number of nitrogens with zero attached hydrogens (tertiary/aromatic N) is 3. The Bertz CT molecular complexity index is 2510. The van der Waals surface area contributed by atoms with E-state index in [2.05, 4.69) is 121 Å². The fourth-order valence-electron chi connectivity index (χ4n) is 6.27. The molecule has 2 aromatic heterocycles. The number of rotatable bonds is 3. The van der Waals surface area contributed by atoms with Crippen molar-refractivity contribution in [3.05, 3.63) is 140 Å². The number of hydrogen-bond donors (Lipinski definition) is 0. The van der Waals surface area contributed by atoms with E-state index in [4.69, 9.17) is 15.0 Å². The summed E-state index contributed by atoms with van der Waals surface area (Å²) in [5.41, 5.74) is 2.95. The number of benzene rings is 7. The molecule has 0 spiro atoms. The van der Waals surface area contributed by atoms with E-state index in [1.807, 2.05) is 18.2 Å². The Hall–Kier alpha value is -5.45. The Morgan fingerprint density at radius 1 is 0.372 bits per heavy atom. The van der Waals surface area contributed by atoms with Crippen LogP contribution in [0.1, 0.15) is 0 Å². The third-order valence-corrected chi connectivity index (χ3v) is 9.43. The van der Waals surface area contributed by atoms with Gasteiger partial charge < -0.3 is 0 Å². The van der Waals surface area contributed by atoms with Crippen LogP contribution in [0.25, 0.3) is 86.7 Å². The molecule has 0 unspecified atom stereocenters. The maximum Gasteiger partial charge on any atom is 0.164 e. The molecule has 2 heterocycles. The van der Waals surface area contributed by atoms with E-state index >= 15 is 0 Å². The molecule has 0 saturated heterocycles. The van der Waals surface area contributed by atoms with Crippen molar-refractivity contribution in [1.29, 1.82) is 0 Å². The van der Waals surface area contributed by atoms with Crippen LogP contribution in [0.15, 0.2) is 140 Å². The minimum atomic E-state index is 0.665. The first-order chi connectivity index (χ1) is 21.3. The van der Waals surface area contributed by atoms with Crippen molar-refractivity contribution in [2.75, 3.05) is 0 Å². The van der Waals surface area contributed by atoms with Gasteiger partial charge in [0.2, 0.25) is 0 Å². The lowest BCUT2D eigenvalue weighted by Gasteiger charge is -2.14. The first-order valence-electron chi connectivity index (χ1n) is 14.4. The second-order valence-corrected chi connectivity index (χ2v) is 11.9. The maximum absolute atomic E-state index is 5.21. The molecule has 9 rings (SSSR count). The van der Waals surface area contributed by atoms with Crippen LogP contribution in [-0.4, -0.2) is 15.0 Å². The summed E-state index contributed by atoms with van der Waals surface area (Å²) in [4.78, 5) is 15.4. The lowest BCUT2D eigenvalue weighted by molar-refractivity contribution is 1.08. The average molecular weight is 566 g/mol. The fraction of sp³-hybridized carbons (Fsp3) is 0. The first kappa shape index (κ1) is 24.2. The van der Waals surface area contributed by atoms with Crippen molar-refractivity contribution >= 4 is 63.8 Å². The Labute approximate surface area is 251 Å². The normalized spacial score (nSPS) is 11.7. The van der Waals surface area contributed by atoms with Gasteiger partial charge in [0.15, 0.2) is 17.5 Å². The molecule has 0 N–H and O–H groups in total. The molecule has 0 aliphatic heterocycles. The molecule has 43 heavy (non-hydrogen) atoms. The van der Waals surface area contributed by atoms with E-state index < -0.39 is 0 Å². The van der Waals surface area contributed by atoms with Gasteiger partial charge in [-0.25, -0.2) is 15.0 Å². The summed E-state index contributed by atoms with van der Waals surface area (Å²) in [6, 6.07) is 49.2. The predicted molar refractivity (Wildman–Crippen MR) is 182 cm³/mol. The fourth-order valence-corrected chi connectivity index (χ4v) is 7.41. The summed E-state index contributed by atoms with van der Waals surface area (Å²) in [6.45, 7) is 0. The third kappa shape index (κ3) is 3.92. The SMILES string of the molecule is c1ccc(-c2nc(-c3ccc4c(c3)sc3ccccc34)nc(-c3cc4ccccc4c4ccc5ccccc5c34)n2)cc1. The Morgan fingerprint density at radius 2 is 1.00 bits per heavy atom. The number of aromatic nitrogens is 3. The second kappa shape index (κ2) is 9.55. The van der Waals surface area contributed by atoms with Crippen LogP contribution in [0, 0.1) is 0 Å². The van der Waals surface area contributed by atoms with E-state index in [0.717, 1.165) is 27.5 Å². The highest BCUT2D eigenvalue weighted by molar-refractivity contribution is 7.25. The molecular formula is C39H23N3S. The Balaban J connectivity index is 1.36. The monoisotopic (exact) mass is 565 g/mol.